The first-order chi connectivity index (χ1) is 22.7. The van der Waals surface area contributed by atoms with Crippen LogP contribution in [0.3, 0.4) is 0 Å². The molecule has 0 N–H and O–H groups in total. The van der Waals surface area contributed by atoms with Gasteiger partial charge in [0, 0.05) is 43.1 Å². The third kappa shape index (κ3) is 3.27. The first-order valence-corrected chi connectivity index (χ1v) is 15.4. The van der Waals surface area contributed by atoms with Gasteiger partial charge in [-0.3, -0.25) is 0 Å². The summed E-state index contributed by atoms with van der Waals surface area (Å²) in [4.78, 5) is 0. The Balaban J connectivity index is 1.06. The number of hydrogen-bond acceptors (Lipinski definition) is 4. The van der Waals surface area contributed by atoms with E-state index in [2.05, 4.69) is 91.0 Å². The molecule has 4 heteroatoms. The van der Waals surface area contributed by atoms with Crippen LogP contribution in [0.5, 0.6) is 0 Å². The van der Waals surface area contributed by atoms with Crippen LogP contribution in [0.4, 0.5) is 0 Å². The van der Waals surface area contributed by atoms with Crippen LogP contribution >= 0.6 is 0 Å². The zero-order valence-electron chi connectivity index (χ0n) is 24.3. The number of rotatable bonds is 2. The Morgan fingerprint density at radius 2 is 0.674 bits per heavy atom. The van der Waals surface area contributed by atoms with Gasteiger partial charge < -0.3 is 17.7 Å². The molecule has 0 fully saturated rings. The van der Waals surface area contributed by atoms with Gasteiger partial charge in [-0.05, 0) is 89.0 Å². The summed E-state index contributed by atoms with van der Waals surface area (Å²) in [5, 5.41) is 8.66. The van der Waals surface area contributed by atoms with E-state index in [0.717, 1.165) is 110 Å². The molecule has 4 nitrogen and oxygen atoms in total. The van der Waals surface area contributed by atoms with Crippen molar-refractivity contribution in [3.63, 3.8) is 0 Å². The monoisotopic (exact) mass is 590 g/mol. The van der Waals surface area contributed by atoms with Gasteiger partial charge in [0.05, 0.1) is 0 Å². The standard InChI is InChI=1S/C42H22O4/c1-3-10-33-27(8-1)30-21-40-31(22-39(30)45-33)29-19-25(12-14-35(29)46-40)23-6-5-7-24(18-23)26-13-15-36-32(20-26)42-38(44-36)17-16-37-41(42)28-9-2-4-11-34(28)43-37/h1-22H. The summed E-state index contributed by atoms with van der Waals surface area (Å²) in [7, 11) is 0. The average Bonchev–Trinajstić information content (AvgIpc) is 3.86. The zero-order chi connectivity index (χ0) is 29.9. The molecule has 0 aliphatic rings. The molecule has 0 bridgehead atoms. The fourth-order valence-electron chi connectivity index (χ4n) is 7.31. The van der Waals surface area contributed by atoms with Gasteiger partial charge >= 0.3 is 0 Å². The number of benzene rings is 7. The largest absolute Gasteiger partial charge is 0.456 e. The van der Waals surface area contributed by atoms with Crippen LogP contribution < -0.4 is 0 Å². The molecule has 0 atom stereocenters. The Hall–Kier alpha value is -6.26. The quantitative estimate of drug-likeness (QED) is 0.201. The van der Waals surface area contributed by atoms with Crippen LogP contribution in [-0.4, -0.2) is 0 Å². The Bertz CT molecular complexity index is 3030. The lowest BCUT2D eigenvalue weighted by molar-refractivity contribution is 0.663. The van der Waals surface area contributed by atoms with E-state index >= 15 is 0 Å². The van der Waals surface area contributed by atoms with Crippen molar-refractivity contribution in [2.75, 3.05) is 0 Å². The first-order valence-electron chi connectivity index (χ1n) is 15.4. The molecule has 0 spiro atoms. The predicted molar refractivity (Wildman–Crippen MR) is 186 cm³/mol. The minimum Gasteiger partial charge on any atom is -0.456 e. The lowest BCUT2D eigenvalue weighted by Crippen LogP contribution is -1.82. The van der Waals surface area contributed by atoms with Crippen LogP contribution in [0.15, 0.2) is 151 Å². The molecule has 11 rings (SSSR count). The van der Waals surface area contributed by atoms with Gasteiger partial charge in [0.15, 0.2) is 0 Å². The van der Waals surface area contributed by atoms with Crippen LogP contribution in [-0.2, 0) is 0 Å². The maximum absolute atomic E-state index is 6.33. The Kier molecular flexibility index (Phi) is 4.55. The Morgan fingerprint density at radius 1 is 0.239 bits per heavy atom. The molecule has 46 heavy (non-hydrogen) atoms. The molecule has 4 heterocycles. The molecule has 11 aromatic rings. The minimum absolute atomic E-state index is 0.861. The fourth-order valence-corrected chi connectivity index (χ4v) is 7.31. The van der Waals surface area contributed by atoms with Gasteiger partial charge in [-0.25, -0.2) is 0 Å². The van der Waals surface area contributed by atoms with Crippen LogP contribution in [0, 0.1) is 0 Å². The average molecular weight is 591 g/mol. The van der Waals surface area contributed by atoms with Crippen LogP contribution in [0.1, 0.15) is 0 Å². The van der Waals surface area contributed by atoms with Crippen molar-refractivity contribution in [1.29, 1.82) is 0 Å². The summed E-state index contributed by atoms with van der Waals surface area (Å²) >= 11 is 0. The molecule has 0 radical (unpaired) electrons. The van der Waals surface area contributed by atoms with E-state index in [4.69, 9.17) is 17.7 Å². The van der Waals surface area contributed by atoms with Gasteiger partial charge in [0.2, 0.25) is 0 Å². The van der Waals surface area contributed by atoms with Crippen molar-refractivity contribution in [2.45, 2.75) is 0 Å². The second kappa shape index (κ2) is 8.68. The lowest BCUT2D eigenvalue weighted by atomic mass is 9.96. The Morgan fingerprint density at radius 3 is 1.37 bits per heavy atom. The molecule has 0 aliphatic heterocycles. The van der Waals surface area contributed by atoms with Crippen molar-refractivity contribution in [3.8, 4) is 22.3 Å². The van der Waals surface area contributed by atoms with E-state index in [-0.39, 0.29) is 0 Å². The van der Waals surface area contributed by atoms with Crippen LogP contribution in [0.2, 0.25) is 0 Å². The van der Waals surface area contributed by atoms with Crippen molar-refractivity contribution in [3.05, 3.63) is 133 Å². The summed E-state index contributed by atoms with van der Waals surface area (Å²) in [6, 6.07) is 46.2. The Labute approximate surface area is 260 Å². The van der Waals surface area contributed by atoms with Crippen molar-refractivity contribution in [1.82, 2.24) is 0 Å². The van der Waals surface area contributed by atoms with E-state index in [1.54, 1.807) is 0 Å². The third-order valence-electron chi connectivity index (χ3n) is 9.47. The van der Waals surface area contributed by atoms with Crippen molar-refractivity contribution < 1.29 is 17.7 Å². The zero-order valence-corrected chi connectivity index (χ0v) is 24.3. The summed E-state index contributed by atoms with van der Waals surface area (Å²) < 4.78 is 25.0. The van der Waals surface area contributed by atoms with E-state index in [0.29, 0.717) is 0 Å². The van der Waals surface area contributed by atoms with Crippen molar-refractivity contribution in [2.24, 2.45) is 0 Å². The number of fused-ring (bicyclic) bond motifs is 13. The molecule has 214 valence electrons. The normalized spacial score (nSPS) is 12.3. The fraction of sp³-hybridized carbons (Fsp3) is 0. The molecule has 7 aromatic carbocycles. The molecule has 4 aromatic heterocycles. The van der Waals surface area contributed by atoms with Crippen LogP contribution in [0.25, 0.3) is 110 Å². The van der Waals surface area contributed by atoms with Crippen molar-refractivity contribution >= 4 is 87.8 Å². The number of hydrogen-bond donors (Lipinski definition) is 0. The third-order valence-corrected chi connectivity index (χ3v) is 9.47. The van der Waals surface area contributed by atoms with Gasteiger partial charge in [-0.15, -0.1) is 0 Å². The van der Waals surface area contributed by atoms with E-state index in [1.165, 1.54) is 0 Å². The SMILES string of the molecule is c1cc(-c2ccc3oc4cc5c(cc4c3c2)oc2ccccc25)cc(-c2ccc3oc4ccc5oc6ccccc6c5c4c3c2)c1. The summed E-state index contributed by atoms with van der Waals surface area (Å²) in [5.41, 5.74) is 11.5. The minimum atomic E-state index is 0.861. The molecular formula is C42H22O4. The van der Waals surface area contributed by atoms with Gasteiger partial charge in [-0.2, -0.15) is 0 Å². The first kappa shape index (κ1) is 24.1. The summed E-state index contributed by atoms with van der Waals surface area (Å²) in [5.74, 6) is 0. The molecule has 0 saturated carbocycles. The van der Waals surface area contributed by atoms with E-state index < -0.39 is 0 Å². The topological polar surface area (TPSA) is 52.6 Å². The predicted octanol–water partition coefficient (Wildman–Crippen LogP) is 12.6. The highest BCUT2D eigenvalue weighted by molar-refractivity contribution is 6.26. The van der Waals surface area contributed by atoms with Gasteiger partial charge in [0.25, 0.3) is 0 Å². The summed E-state index contributed by atoms with van der Waals surface area (Å²) in [6.07, 6.45) is 0. The summed E-state index contributed by atoms with van der Waals surface area (Å²) in [6.45, 7) is 0. The molecular weight excluding hydrogens is 568 g/mol. The van der Waals surface area contributed by atoms with Gasteiger partial charge in [0.1, 0.15) is 44.7 Å². The highest BCUT2D eigenvalue weighted by Crippen LogP contribution is 2.42. The highest BCUT2D eigenvalue weighted by Gasteiger charge is 2.17. The maximum Gasteiger partial charge on any atom is 0.136 e. The second-order valence-corrected chi connectivity index (χ2v) is 12.1. The highest BCUT2D eigenvalue weighted by atomic mass is 16.3. The number of para-hydroxylation sites is 2. The second-order valence-electron chi connectivity index (χ2n) is 12.1. The lowest BCUT2D eigenvalue weighted by Gasteiger charge is -2.07. The van der Waals surface area contributed by atoms with Gasteiger partial charge in [-0.1, -0.05) is 66.7 Å². The molecule has 0 saturated heterocycles. The molecule has 0 unspecified atom stereocenters. The smallest absolute Gasteiger partial charge is 0.136 e. The molecule has 0 aliphatic carbocycles. The maximum atomic E-state index is 6.33. The number of furan rings is 4. The van der Waals surface area contributed by atoms with E-state index in [9.17, 15) is 0 Å². The molecule has 0 amide bonds. The van der Waals surface area contributed by atoms with E-state index in [1.807, 2.05) is 42.5 Å².